The number of amides is 1. The minimum atomic E-state index is -4.98. The van der Waals surface area contributed by atoms with Crippen molar-refractivity contribution in [2.75, 3.05) is 0 Å². The molecule has 4 aromatic rings. The van der Waals surface area contributed by atoms with Crippen molar-refractivity contribution in [2.45, 2.75) is 153 Å². The summed E-state index contributed by atoms with van der Waals surface area (Å²) in [6, 6.07) is 9.24. The molecule has 6 rings (SSSR count). The number of Topliss-reactive ketones (excluding diaryl/α,β-unsaturated/α-hetero) is 2. The van der Waals surface area contributed by atoms with Crippen molar-refractivity contribution < 1.29 is 101 Å². The summed E-state index contributed by atoms with van der Waals surface area (Å²) < 4.78 is 179. The number of fused-ring (bicyclic) bond motifs is 2. The number of esters is 1. The van der Waals surface area contributed by atoms with Crippen molar-refractivity contribution in [3.05, 3.63) is 128 Å². The molecule has 0 saturated heterocycles. The van der Waals surface area contributed by atoms with E-state index in [4.69, 9.17) is 29.8 Å². The molecule has 78 heavy (non-hydrogen) atoms. The molecule has 25 heteroatoms. The number of carboxylic acids is 1. The first-order valence-electron chi connectivity index (χ1n) is 23.6. The van der Waals surface area contributed by atoms with E-state index in [2.05, 4.69) is 5.32 Å². The molecule has 4 aromatic carbocycles. The van der Waals surface area contributed by atoms with E-state index in [1.807, 2.05) is 0 Å². The fourth-order valence-electron chi connectivity index (χ4n) is 8.51. The fourth-order valence-corrected chi connectivity index (χ4v) is 8.51. The highest BCUT2D eigenvalue weighted by Crippen LogP contribution is 2.41. The van der Waals surface area contributed by atoms with E-state index in [0.29, 0.717) is 72.2 Å². The van der Waals surface area contributed by atoms with E-state index in [1.54, 1.807) is 65.8 Å². The van der Waals surface area contributed by atoms with Gasteiger partial charge in [-0.15, -0.1) is 12.4 Å². The van der Waals surface area contributed by atoms with Gasteiger partial charge in [0, 0.05) is 11.8 Å². The second-order valence-electron chi connectivity index (χ2n) is 20.3. The minimum Gasteiger partial charge on any atom is -0.489 e. The summed E-state index contributed by atoms with van der Waals surface area (Å²) in [5, 5.41) is 11.3. The zero-order chi connectivity index (χ0) is 57.8. The van der Waals surface area contributed by atoms with Crippen molar-refractivity contribution in [1.82, 2.24) is 5.32 Å². The first-order chi connectivity index (χ1) is 35.3. The fraction of sp³-hybridized carbons (Fsp3) is 0.453. The third kappa shape index (κ3) is 18.3. The van der Waals surface area contributed by atoms with Gasteiger partial charge in [-0.25, -0.2) is 4.79 Å². The molecule has 2 aliphatic carbocycles. The van der Waals surface area contributed by atoms with Crippen LogP contribution in [0.3, 0.4) is 0 Å². The number of carbonyl (C=O) groups is 5. The number of hydrogen-bond donors (Lipinski definition) is 3. The van der Waals surface area contributed by atoms with Gasteiger partial charge in [-0.2, -0.15) is 52.7 Å². The second kappa shape index (κ2) is 24.6. The van der Waals surface area contributed by atoms with E-state index >= 15 is 0 Å². The van der Waals surface area contributed by atoms with Crippen LogP contribution in [-0.2, 0) is 79.4 Å². The molecule has 2 unspecified atom stereocenters. The number of nitrogens with two attached hydrogens (primary N) is 1. The number of carboxylic acid groups (broad SMARTS) is 1. The SMILES string of the molecule is CC(C)(C)OC(=O)C[C@@H](NC(=O)OC(C)(C)C)C(=O)C1CCc2cc(OCc3cc(C(F)(F)F)cc(C(F)(F)F)c3)ccc21.Cl.N[C@H](CC(=O)O)C(=O)C1CCc2cc(OCc3cc(C(F)(F)F)cc(C(F)(F)F)c3)ccc21. The van der Waals surface area contributed by atoms with Gasteiger partial charge >= 0.3 is 42.7 Å². The van der Waals surface area contributed by atoms with Gasteiger partial charge in [0.2, 0.25) is 0 Å². The lowest BCUT2D eigenvalue weighted by atomic mass is 9.91. The average molecular weight is 1140 g/mol. The summed E-state index contributed by atoms with van der Waals surface area (Å²) >= 11 is 0. The summed E-state index contributed by atoms with van der Waals surface area (Å²) in [7, 11) is 0. The number of aryl methyl sites for hydroxylation is 2. The van der Waals surface area contributed by atoms with Crippen molar-refractivity contribution in [2.24, 2.45) is 5.73 Å². The number of halogens is 13. The maximum absolute atomic E-state index is 13.6. The number of nitrogens with one attached hydrogen (secondary N) is 1. The predicted octanol–water partition coefficient (Wildman–Crippen LogP) is 12.7. The van der Waals surface area contributed by atoms with Crippen LogP contribution in [0.15, 0.2) is 72.8 Å². The van der Waals surface area contributed by atoms with Crippen molar-refractivity contribution in [3.63, 3.8) is 0 Å². The van der Waals surface area contributed by atoms with Crippen molar-refractivity contribution in [1.29, 1.82) is 0 Å². The van der Waals surface area contributed by atoms with E-state index in [9.17, 15) is 76.7 Å². The molecule has 0 heterocycles. The normalized spacial score (nSPS) is 16.2. The zero-order valence-corrected chi connectivity index (χ0v) is 43.4. The van der Waals surface area contributed by atoms with Gasteiger partial charge < -0.3 is 35.1 Å². The Hall–Kier alpha value is -6.56. The highest BCUT2D eigenvalue weighted by Gasteiger charge is 2.40. The zero-order valence-electron chi connectivity index (χ0n) is 42.5. The molecule has 0 bridgehead atoms. The molecule has 0 saturated carbocycles. The Morgan fingerprint density at radius 3 is 1.28 bits per heavy atom. The van der Waals surface area contributed by atoms with Crippen LogP contribution in [0.4, 0.5) is 57.5 Å². The number of carbonyl (C=O) groups excluding carboxylic acids is 4. The quantitative estimate of drug-likeness (QED) is 0.0761. The lowest BCUT2D eigenvalue weighted by Crippen LogP contribution is -2.46. The molecule has 0 aromatic heterocycles. The standard InChI is InChI=1S/C31H35F6NO6.C22H19F6NO4.ClH/c1-28(2,3)43-25(39)15-24(38-27(41)44-29(4,5)6)26(40)23-9-7-18-13-21(8-10-22(18)23)42-16-17-11-19(30(32,33)34)14-20(12-17)31(35,36)37;23-21(24,25)13-5-11(6-14(8-13)22(26,27)28)10-33-15-2-4-16-12(7-15)1-3-17(16)20(32)18(29)9-19(30)31;/h8,10-14,23-24H,7,9,15-16H2,1-6H3,(H,38,41);2,4-8,17-18H,1,3,9-10,29H2,(H,30,31);1H/t23?,24-;17?,18-;/m11./s1. The summed E-state index contributed by atoms with van der Waals surface area (Å²) in [6.45, 7) is 8.84. The Balaban J connectivity index is 0.000000345. The smallest absolute Gasteiger partial charge is 0.416 e. The van der Waals surface area contributed by atoms with Gasteiger partial charge in [-0.05, 0) is 161 Å². The number of hydrogen-bond acceptors (Lipinski definition) is 10. The molecule has 0 fully saturated rings. The van der Waals surface area contributed by atoms with E-state index < -0.39 is 138 Å². The predicted molar refractivity (Wildman–Crippen MR) is 258 cm³/mol. The maximum atomic E-state index is 13.6. The van der Waals surface area contributed by atoms with Crippen LogP contribution in [0.1, 0.15) is 135 Å². The Bertz CT molecular complexity index is 2740. The largest absolute Gasteiger partial charge is 0.489 e. The molecule has 4 N–H and O–H groups in total. The number of alkyl halides is 12. The van der Waals surface area contributed by atoms with Crippen molar-refractivity contribution >= 4 is 42.0 Å². The number of ether oxygens (including phenoxy) is 4. The van der Waals surface area contributed by atoms with Gasteiger partial charge in [0.25, 0.3) is 0 Å². The van der Waals surface area contributed by atoms with Gasteiger partial charge in [0.1, 0.15) is 42.0 Å². The van der Waals surface area contributed by atoms with Gasteiger partial charge in [0.15, 0.2) is 11.6 Å². The number of aliphatic carboxylic acids is 1. The van der Waals surface area contributed by atoms with Gasteiger partial charge in [-0.3, -0.25) is 19.2 Å². The molecule has 12 nitrogen and oxygen atoms in total. The highest BCUT2D eigenvalue weighted by molar-refractivity contribution is 5.96. The van der Waals surface area contributed by atoms with E-state index in [1.165, 1.54) is 12.1 Å². The first kappa shape index (κ1) is 64.0. The minimum absolute atomic E-state index is 0. The molecule has 0 spiro atoms. The van der Waals surface area contributed by atoms with Crippen LogP contribution in [-0.4, -0.2) is 58.0 Å². The van der Waals surface area contributed by atoms with Crippen LogP contribution in [0.2, 0.25) is 0 Å². The number of alkyl carbamates (subject to hydrolysis) is 1. The summed E-state index contributed by atoms with van der Waals surface area (Å²) in [4.78, 5) is 62.0. The molecular weight excluding hydrogens is 1090 g/mol. The Morgan fingerprint density at radius 1 is 0.564 bits per heavy atom. The van der Waals surface area contributed by atoms with Crippen LogP contribution < -0.4 is 20.5 Å². The van der Waals surface area contributed by atoms with Gasteiger partial charge in [0.05, 0.1) is 41.1 Å². The number of benzene rings is 4. The summed E-state index contributed by atoms with van der Waals surface area (Å²) in [5.74, 6) is -3.65. The maximum Gasteiger partial charge on any atom is 0.416 e. The van der Waals surface area contributed by atoms with Crippen LogP contribution in [0, 0.1) is 0 Å². The number of ketones is 2. The molecular formula is C53H55ClF12N2O10. The molecule has 0 radical (unpaired) electrons. The Labute approximate surface area is 445 Å². The third-order valence-electron chi connectivity index (χ3n) is 11.8. The lowest BCUT2D eigenvalue weighted by Gasteiger charge is -2.26. The summed E-state index contributed by atoms with van der Waals surface area (Å²) in [6.07, 6.45) is -20.1. The van der Waals surface area contributed by atoms with Crippen LogP contribution >= 0.6 is 12.4 Å². The molecule has 0 aliphatic heterocycles. The summed E-state index contributed by atoms with van der Waals surface area (Å²) in [5.41, 5.74) is 0.259. The van der Waals surface area contributed by atoms with Crippen LogP contribution in [0.25, 0.3) is 0 Å². The second-order valence-corrected chi connectivity index (χ2v) is 20.3. The molecule has 2 aliphatic rings. The van der Waals surface area contributed by atoms with E-state index in [-0.39, 0.29) is 47.2 Å². The van der Waals surface area contributed by atoms with Gasteiger partial charge in [-0.1, -0.05) is 12.1 Å². The third-order valence-corrected chi connectivity index (χ3v) is 11.8. The average Bonchev–Trinajstić information content (AvgIpc) is 3.91. The van der Waals surface area contributed by atoms with E-state index in [0.717, 1.165) is 0 Å². The Morgan fingerprint density at radius 2 is 0.936 bits per heavy atom. The highest BCUT2D eigenvalue weighted by atomic mass is 35.5. The molecule has 4 atom stereocenters. The van der Waals surface area contributed by atoms with Crippen LogP contribution in [0.5, 0.6) is 11.5 Å². The monoisotopic (exact) mass is 1140 g/mol. The lowest BCUT2D eigenvalue weighted by molar-refractivity contribution is -0.156. The van der Waals surface area contributed by atoms with Crippen molar-refractivity contribution in [3.8, 4) is 11.5 Å². The molecule has 428 valence electrons. The first-order valence-corrected chi connectivity index (χ1v) is 23.6. The Kier molecular flexibility index (Phi) is 20.2. The number of rotatable bonds is 15. The topological polar surface area (TPSA) is 181 Å². The molecule has 1 amide bonds.